The zero-order valence-corrected chi connectivity index (χ0v) is 19.3. The molecule has 0 spiro atoms. The van der Waals surface area contributed by atoms with Crippen molar-refractivity contribution < 1.29 is 4.74 Å². The van der Waals surface area contributed by atoms with Crippen molar-refractivity contribution in [2.75, 3.05) is 5.32 Å². The molecule has 0 amide bonds. The summed E-state index contributed by atoms with van der Waals surface area (Å²) in [7, 11) is 0. The highest BCUT2D eigenvalue weighted by Crippen LogP contribution is 2.33. The van der Waals surface area contributed by atoms with Gasteiger partial charge in [-0.15, -0.1) is 0 Å². The number of rotatable bonds is 9. The van der Waals surface area contributed by atoms with E-state index >= 15 is 0 Å². The molecule has 0 saturated carbocycles. The molecular weight excluding hydrogens is 430 g/mol. The van der Waals surface area contributed by atoms with Crippen LogP contribution in [0.1, 0.15) is 24.5 Å². The van der Waals surface area contributed by atoms with E-state index in [9.17, 15) is 0 Å². The average Bonchev–Trinajstić information content (AvgIpc) is 2.83. The highest BCUT2D eigenvalue weighted by atomic mass is 35.5. The van der Waals surface area contributed by atoms with Crippen molar-refractivity contribution in [3.8, 4) is 22.9 Å². The molecule has 0 aliphatic carbocycles. The van der Waals surface area contributed by atoms with Gasteiger partial charge in [-0.3, -0.25) is 0 Å². The summed E-state index contributed by atoms with van der Waals surface area (Å²) in [5.74, 6) is 0.945. The summed E-state index contributed by atoms with van der Waals surface area (Å²) in [6.45, 7) is 6.38. The molecule has 1 aromatic heterocycles. The maximum Gasteiger partial charge on any atom is 0.246 e. The first-order valence-electron chi connectivity index (χ1n) is 11.0. The predicted octanol–water partition coefficient (Wildman–Crippen LogP) is 7.71. The van der Waals surface area contributed by atoms with Crippen molar-refractivity contribution in [1.29, 1.82) is 0 Å². The van der Waals surface area contributed by atoms with Gasteiger partial charge in [0.15, 0.2) is 0 Å². The molecule has 0 radical (unpaired) electrons. The highest BCUT2D eigenvalue weighted by molar-refractivity contribution is 6.32. The van der Waals surface area contributed by atoms with Crippen LogP contribution < -0.4 is 10.1 Å². The Bertz CT molecular complexity index is 1220. The lowest BCUT2D eigenvalue weighted by Crippen LogP contribution is -2.02. The van der Waals surface area contributed by atoms with Gasteiger partial charge in [0, 0.05) is 35.8 Å². The summed E-state index contributed by atoms with van der Waals surface area (Å²) in [6, 6.07) is 24.0. The molecule has 166 valence electrons. The van der Waals surface area contributed by atoms with Crippen molar-refractivity contribution in [3.05, 3.63) is 114 Å². The third-order valence-electron chi connectivity index (χ3n) is 5.17. The van der Waals surface area contributed by atoms with Crippen molar-refractivity contribution >= 4 is 17.3 Å². The Kier molecular flexibility index (Phi) is 7.38. The van der Waals surface area contributed by atoms with Crippen LogP contribution in [0, 0.1) is 0 Å². The van der Waals surface area contributed by atoms with Gasteiger partial charge in [-0.2, -0.15) is 0 Å². The van der Waals surface area contributed by atoms with Gasteiger partial charge in [0.2, 0.25) is 5.88 Å². The van der Waals surface area contributed by atoms with E-state index < -0.39 is 0 Å². The highest BCUT2D eigenvalue weighted by Gasteiger charge is 2.12. The number of anilines is 1. The van der Waals surface area contributed by atoms with Crippen LogP contribution in [-0.2, 0) is 12.8 Å². The van der Waals surface area contributed by atoms with Crippen LogP contribution in [0.15, 0.2) is 97.5 Å². The number of halogens is 1. The molecule has 4 nitrogen and oxygen atoms in total. The van der Waals surface area contributed by atoms with E-state index in [2.05, 4.69) is 53.1 Å². The number of ether oxygens (including phenoxy) is 1. The second kappa shape index (κ2) is 10.8. The summed E-state index contributed by atoms with van der Waals surface area (Å²) in [4.78, 5) is 8.83. The summed E-state index contributed by atoms with van der Waals surface area (Å²) < 4.78 is 5.94. The van der Waals surface area contributed by atoms with Crippen molar-refractivity contribution in [1.82, 2.24) is 9.97 Å². The van der Waals surface area contributed by atoms with E-state index in [-0.39, 0.29) is 0 Å². The number of hydrogen-bond acceptors (Lipinski definition) is 4. The van der Waals surface area contributed by atoms with Gasteiger partial charge >= 0.3 is 0 Å². The fourth-order valence-corrected chi connectivity index (χ4v) is 3.72. The second-order valence-electron chi connectivity index (χ2n) is 7.79. The van der Waals surface area contributed by atoms with E-state index in [4.69, 9.17) is 16.3 Å². The van der Waals surface area contributed by atoms with E-state index in [0.717, 1.165) is 36.2 Å². The minimum atomic E-state index is 0.405. The zero-order chi connectivity index (χ0) is 23.0. The van der Waals surface area contributed by atoms with Crippen LogP contribution in [0.25, 0.3) is 11.3 Å². The Morgan fingerprint density at radius 2 is 1.61 bits per heavy atom. The molecular formula is C28H26ClN3O. The lowest BCUT2D eigenvalue weighted by Gasteiger charge is -2.12. The smallest absolute Gasteiger partial charge is 0.246 e. The van der Waals surface area contributed by atoms with Crippen LogP contribution in [-0.4, -0.2) is 9.97 Å². The lowest BCUT2D eigenvalue weighted by molar-refractivity contribution is 0.463. The van der Waals surface area contributed by atoms with E-state index in [0.29, 0.717) is 22.3 Å². The third-order valence-corrected chi connectivity index (χ3v) is 5.48. The topological polar surface area (TPSA) is 47.0 Å². The predicted molar refractivity (Wildman–Crippen MR) is 136 cm³/mol. The molecule has 1 heterocycles. The molecule has 0 aliphatic rings. The summed E-state index contributed by atoms with van der Waals surface area (Å²) >= 11 is 6.23. The molecule has 0 aliphatic heterocycles. The minimum Gasteiger partial charge on any atom is -0.435 e. The molecule has 3 aromatic carbocycles. The van der Waals surface area contributed by atoms with Crippen LogP contribution in [0.4, 0.5) is 5.69 Å². The Morgan fingerprint density at radius 1 is 0.909 bits per heavy atom. The van der Waals surface area contributed by atoms with Gasteiger partial charge in [-0.25, -0.2) is 9.97 Å². The first kappa shape index (κ1) is 22.6. The first-order valence-corrected chi connectivity index (χ1v) is 11.4. The molecule has 0 fully saturated rings. The molecule has 33 heavy (non-hydrogen) atoms. The van der Waals surface area contributed by atoms with E-state index in [1.165, 1.54) is 11.1 Å². The van der Waals surface area contributed by atoms with Crippen molar-refractivity contribution in [3.63, 3.8) is 0 Å². The average molecular weight is 456 g/mol. The Hall–Kier alpha value is -3.63. The number of benzene rings is 3. The quantitative estimate of drug-likeness (QED) is 0.280. The van der Waals surface area contributed by atoms with Gasteiger partial charge < -0.3 is 10.1 Å². The number of hydrogen-bond donors (Lipinski definition) is 1. The number of aryl methyl sites for hydroxylation is 1. The van der Waals surface area contributed by atoms with Crippen molar-refractivity contribution in [2.24, 2.45) is 0 Å². The Morgan fingerprint density at radius 3 is 2.33 bits per heavy atom. The van der Waals surface area contributed by atoms with Crippen molar-refractivity contribution in [2.45, 2.75) is 26.2 Å². The lowest BCUT2D eigenvalue weighted by atomic mass is 10.0. The molecule has 5 heteroatoms. The maximum atomic E-state index is 6.23. The van der Waals surface area contributed by atoms with Gasteiger partial charge in [0.05, 0.1) is 5.02 Å². The number of aromatic nitrogens is 2. The first-order chi connectivity index (χ1) is 16.1. The molecule has 1 N–H and O–H groups in total. The SMILES string of the molecule is C=C(Cc1ccc(CCC)cc1)Nc1ccc(-c2nccnc2Oc2ccccc2Cl)cc1. The van der Waals surface area contributed by atoms with E-state index in [1.807, 2.05) is 36.4 Å². The van der Waals surface area contributed by atoms with Crippen LogP contribution in [0.2, 0.25) is 5.02 Å². The molecule has 4 rings (SSSR count). The fourth-order valence-electron chi connectivity index (χ4n) is 3.55. The van der Waals surface area contributed by atoms with Gasteiger partial charge in [0.25, 0.3) is 0 Å². The van der Waals surface area contributed by atoms with Crippen LogP contribution in [0.3, 0.4) is 0 Å². The third kappa shape index (κ3) is 5.99. The Labute approximate surface area is 200 Å². The monoisotopic (exact) mass is 455 g/mol. The normalized spacial score (nSPS) is 10.6. The maximum absolute atomic E-state index is 6.23. The van der Waals surface area contributed by atoms with Crippen LogP contribution >= 0.6 is 11.6 Å². The van der Waals surface area contributed by atoms with Crippen LogP contribution in [0.5, 0.6) is 11.6 Å². The number of nitrogens with zero attached hydrogens (tertiary/aromatic N) is 2. The van der Waals surface area contributed by atoms with Gasteiger partial charge in [-0.05, 0) is 41.8 Å². The van der Waals surface area contributed by atoms with Gasteiger partial charge in [-0.1, -0.05) is 80.1 Å². The van der Waals surface area contributed by atoms with E-state index in [1.54, 1.807) is 24.5 Å². The largest absolute Gasteiger partial charge is 0.435 e. The number of allylic oxidation sites excluding steroid dienone is 1. The summed E-state index contributed by atoms with van der Waals surface area (Å²) in [5, 5.41) is 3.91. The summed E-state index contributed by atoms with van der Waals surface area (Å²) in [6.07, 6.45) is 6.29. The molecule has 0 unspecified atom stereocenters. The zero-order valence-electron chi connectivity index (χ0n) is 18.6. The fraction of sp³-hybridized carbons (Fsp3) is 0.143. The summed E-state index contributed by atoms with van der Waals surface area (Å²) in [5.41, 5.74) is 6.06. The minimum absolute atomic E-state index is 0.405. The number of nitrogens with one attached hydrogen (secondary N) is 1. The molecule has 0 atom stereocenters. The second-order valence-corrected chi connectivity index (χ2v) is 8.20. The standard InChI is InChI=1S/C28H26ClN3O/c1-3-6-21-9-11-22(12-10-21)19-20(2)32-24-15-13-23(14-16-24)27-28(31-18-17-30-27)33-26-8-5-4-7-25(26)29/h4-5,7-18,32H,2-3,6,19H2,1H3. The van der Waals surface area contributed by atoms with Gasteiger partial charge in [0.1, 0.15) is 11.4 Å². The molecule has 4 aromatic rings. The molecule has 0 saturated heterocycles. The number of para-hydroxylation sites is 1. The molecule has 0 bridgehead atoms. The Balaban J connectivity index is 1.43.